The van der Waals surface area contributed by atoms with Gasteiger partial charge in [-0.2, -0.15) is 8.42 Å². The molecule has 0 saturated carbocycles. The van der Waals surface area contributed by atoms with Crippen molar-refractivity contribution in [1.29, 1.82) is 0 Å². The van der Waals surface area contributed by atoms with Crippen LogP contribution in [0.1, 0.15) is 17.3 Å². The fraction of sp³-hybridized carbons (Fsp3) is 0.222. The molecule has 0 bridgehead atoms. The molecule has 0 saturated heterocycles. The SMILES string of the molecule is CCOc1cc(C=O)c([N+](=O)[O-])cc1S(=O)(=O)O. The van der Waals surface area contributed by atoms with Gasteiger partial charge in [0.15, 0.2) is 6.29 Å². The Morgan fingerprint density at radius 2 is 2.11 bits per heavy atom. The van der Waals surface area contributed by atoms with Crippen molar-refractivity contribution in [1.82, 2.24) is 0 Å². The summed E-state index contributed by atoms with van der Waals surface area (Å²) in [4.78, 5) is 19.7. The molecule has 1 N–H and O–H groups in total. The maximum absolute atomic E-state index is 11.1. The van der Waals surface area contributed by atoms with Gasteiger partial charge in [-0.1, -0.05) is 0 Å². The van der Waals surface area contributed by atoms with Crippen LogP contribution in [-0.4, -0.2) is 30.8 Å². The molecule has 18 heavy (non-hydrogen) atoms. The molecule has 1 aromatic carbocycles. The predicted octanol–water partition coefficient (Wildman–Crippen LogP) is 1.05. The Balaban J connectivity index is 3.63. The standard InChI is InChI=1S/C9H9NO7S/c1-2-17-8-3-6(5-11)7(10(12)13)4-9(8)18(14,15)16/h3-5H,2H2,1H3,(H,14,15,16). The van der Waals surface area contributed by atoms with E-state index in [-0.39, 0.29) is 24.2 Å². The molecule has 1 rings (SSSR count). The molecule has 0 aromatic heterocycles. The summed E-state index contributed by atoms with van der Waals surface area (Å²) in [7, 11) is -4.68. The largest absolute Gasteiger partial charge is 0.492 e. The monoisotopic (exact) mass is 275 g/mol. The fourth-order valence-electron chi connectivity index (χ4n) is 1.29. The molecule has 0 amide bonds. The van der Waals surface area contributed by atoms with Gasteiger partial charge < -0.3 is 4.74 Å². The van der Waals surface area contributed by atoms with Gasteiger partial charge in [0.05, 0.1) is 17.1 Å². The number of rotatable bonds is 5. The predicted molar refractivity (Wildman–Crippen MR) is 59.5 cm³/mol. The normalized spacial score (nSPS) is 11.0. The highest BCUT2D eigenvalue weighted by Crippen LogP contribution is 2.31. The van der Waals surface area contributed by atoms with Gasteiger partial charge in [-0.15, -0.1) is 0 Å². The third-order valence-electron chi connectivity index (χ3n) is 1.99. The number of benzene rings is 1. The molecule has 0 fully saturated rings. The molecule has 0 unspecified atom stereocenters. The van der Waals surface area contributed by atoms with Gasteiger partial charge in [0.1, 0.15) is 10.6 Å². The minimum atomic E-state index is -4.68. The van der Waals surface area contributed by atoms with Crippen molar-refractivity contribution in [3.05, 3.63) is 27.8 Å². The van der Waals surface area contributed by atoms with Gasteiger partial charge in [-0.3, -0.25) is 19.5 Å². The van der Waals surface area contributed by atoms with Crippen LogP contribution in [0.25, 0.3) is 0 Å². The van der Waals surface area contributed by atoms with Crippen LogP contribution in [0.15, 0.2) is 17.0 Å². The molecular formula is C9H9NO7S. The van der Waals surface area contributed by atoms with Crippen LogP contribution in [0.5, 0.6) is 5.75 Å². The van der Waals surface area contributed by atoms with Crippen LogP contribution in [0.3, 0.4) is 0 Å². The summed E-state index contributed by atoms with van der Waals surface area (Å²) in [6, 6.07) is 1.49. The molecule has 0 aliphatic heterocycles. The van der Waals surface area contributed by atoms with E-state index in [0.29, 0.717) is 6.07 Å². The van der Waals surface area contributed by atoms with Crippen LogP contribution >= 0.6 is 0 Å². The Kier molecular flexibility index (Phi) is 3.99. The van der Waals surface area contributed by atoms with Gasteiger partial charge in [0.25, 0.3) is 15.8 Å². The topological polar surface area (TPSA) is 124 Å². The number of nitrogens with zero attached hydrogens (tertiary/aromatic N) is 1. The van der Waals surface area contributed by atoms with Gasteiger partial charge in [-0.05, 0) is 13.0 Å². The fourth-order valence-corrected chi connectivity index (χ4v) is 1.92. The molecule has 0 aliphatic carbocycles. The van der Waals surface area contributed by atoms with Gasteiger partial charge in [0.2, 0.25) is 0 Å². The summed E-state index contributed by atoms with van der Waals surface area (Å²) < 4.78 is 36.0. The van der Waals surface area contributed by atoms with Crippen molar-refractivity contribution in [2.45, 2.75) is 11.8 Å². The Morgan fingerprint density at radius 3 is 2.50 bits per heavy atom. The summed E-state index contributed by atoms with van der Waals surface area (Å²) in [5.41, 5.74) is -1.06. The Labute approximate surface area is 102 Å². The molecule has 0 atom stereocenters. The van der Waals surface area contributed by atoms with E-state index < -0.39 is 25.6 Å². The number of carbonyl (C=O) groups excluding carboxylic acids is 1. The Bertz CT molecular complexity index is 593. The molecule has 0 heterocycles. The van der Waals surface area contributed by atoms with Gasteiger partial charge >= 0.3 is 0 Å². The number of aldehydes is 1. The van der Waals surface area contributed by atoms with E-state index in [4.69, 9.17) is 9.29 Å². The van der Waals surface area contributed by atoms with Crippen molar-refractivity contribution in [3.63, 3.8) is 0 Å². The van der Waals surface area contributed by atoms with Gasteiger partial charge in [0, 0.05) is 6.07 Å². The van der Waals surface area contributed by atoms with Crippen LogP contribution in [0, 0.1) is 10.1 Å². The lowest BCUT2D eigenvalue weighted by molar-refractivity contribution is -0.385. The zero-order valence-corrected chi connectivity index (χ0v) is 10.0. The van der Waals surface area contributed by atoms with Crippen molar-refractivity contribution in [2.75, 3.05) is 6.61 Å². The van der Waals surface area contributed by atoms with Crippen LogP contribution in [-0.2, 0) is 10.1 Å². The Morgan fingerprint density at radius 1 is 1.50 bits per heavy atom. The van der Waals surface area contributed by atoms with Crippen molar-refractivity contribution < 1.29 is 27.4 Å². The number of nitro groups is 1. The zero-order chi connectivity index (χ0) is 13.9. The highest BCUT2D eigenvalue weighted by molar-refractivity contribution is 7.86. The lowest BCUT2D eigenvalue weighted by atomic mass is 10.2. The second kappa shape index (κ2) is 5.10. The molecule has 1 aromatic rings. The lowest BCUT2D eigenvalue weighted by Crippen LogP contribution is -2.06. The number of carbonyl (C=O) groups is 1. The minimum Gasteiger partial charge on any atom is -0.492 e. The Hall–Kier alpha value is -2.00. The number of hydrogen-bond acceptors (Lipinski definition) is 6. The van der Waals surface area contributed by atoms with Crippen molar-refractivity contribution in [3.8, 4) is 5.75 Å². The highest BCUT2D eigenvalue weighted by Gasteiger charge is 2.25. The summed E-state index contributed by atoms with van der Waals surface area (Å²) >= 11 is 0. The van der Waals surface area contributed by atoms with Crippen LogP contribution < -0.4 is 4.74 Å². The lowest BCUT2D eigenvalue weighted by Gasteiger charge is -2.08. The third kappa shape index (κ3) is 2.81. The smallest absolute Gasteiger partial charge is 0.298 e. The van der Waals surface area contributed by atoms with Gasteiger partial charge in [-0.25, -0.2) is 0 Å². The quantitative estimate of drug-likeness (QED) is 0.368. The number of hydrogen-bond donors (Lipinski definition) is 1. The maximum Gasteiger partial charge on any atom is 0.298 e. The molecule has 0 spiro atoms. The first kappa shape index (κ1) is 14.1. The molecule has 0 aliphatic rings. The molecule has 9 heteroatoms. The van der Waals surface area contributed by atoms with E-state index in [1.54, 1.807) is 6.92 Å². The first-order valence-corrected chi connectivity index (χ1v) is 6.13. The van der Waals surface area contributed by atoms with E-state index in [1.807, 2.05) is 0 Å². The average Bonchev–Trinajstić information content (AvgIpc) is 2.26. The van der Waals surface area contributed by atoms with E-state index in [1.165, 1.54) is 0 Å². The van der Waals surface area contributed by atoms with Crippen molar-refractivity contribution in [2.24, 2.45) is 0 Å². The summed E-state index contributed by atoms with van der Waals surface area (Å²) in [6.07, 6.45) is 0.203. The van der Waals surface area contributed by atoms with E-state index >= 15 is 0 Å². The molecule has 8 nitrogen and oxygen atoms in total. The number of ether oxygens (including phenoxy) is 1. The second-order valence-electron chi connectivity index (χ2n) is 3.14. The van der Waals surface area contributed by atoms with Crippen LogP contribution in [0.2, 0.25) is 0 Å². The highest BCUT2D eigenvalue weighted by atomic mass is 32.2. The average molecular weight is 275 g/mol. The minimum absolute atomic E-state index is 0.0681. The number of nitro benzene ring substituents is 1. The third-order valence-corrected chi connectivity index (χ3v) is 2.87. The maximum atomic E-state index is 11.1. The molecular weight excluding hydrogens is 266 g/mol. The molecule has 0 radical (unpaired) electrons. The van der Waals surface area contributed by atoms with E-state index in [0.717, 1.165) is 6.07 Å². The first-order chi connectivity index (χ1) is 8.31. The summed E-state index contributed by atoms with van der Waals surface area (Å²) in [5, 5.41) is 10.7. The first-order valence-electron chi connectivity index (χ1n) is 4.69. The van der Waals surface area contributed by atoms with E-state index in [9.17, 15) is 23.3 Å². The molecule has 98 valence electrons. The zero-order valence-electron chi connectivity index (χ0n) is 9.19. The summed E-state index contributed by atoms with van der Waals surface area (Å²) in [6.45, 7) is 1.62. The summed E-state index contributed by atoms with van der Waals surface area (Å²) in [5.74, 6) is -0.312. The second-order valence-corrected chi connectivity index (χ2v) is 4.53. The van der Waals surface area contributed by atoms with E-state index in [2.05, 4.69) is 0 Å². The van der Waals surface area contributed by atoms with Crippen molar-refractivity contribution >= 4 is 22.1 Å². The van der Waals surface area contributed by atoms with Crippen LogP contribution in [0.4, 0.5) is 5.69 Å².